The van der Waals surface area contributed by atoms with E-state index in [0.717, 1.165) is 23.1 Å². The van der Waals surface area contributed by atoms with Crippen LogP contribution in [0.2, 0.25) is 0 Å². The van der Waals surface area contributed by atoms with Crippen LogP contribution in [0.4, 0.5) is 0 Å². The van der Waals surface area contributed by atoms with Gasteiger partial charge in [0.1, 0.15) is 18.9 Å². The molecule has 2 amide bonds. The van der Waals surface area contributed by atoms with Crippen molar-refractivity contribution < 1.29 is 19.1 Å². The predicted molar refractivity (Wildman–Crippen MR) is 126 cm³/mol. The molecule has 0 fully saturated rings. The topological polar surface area (TPSA) is 85.7 Å². The lowest BCUT2D eigenvalue weighted by molar-refractivity contribution is 0.0745. The Bertz CT molecular complexity index is 1240. The Hall–Kier alpha value is -3.81. The first kappa shape index (κ1) is 22.0. The van der Waals surface area contributed by atoms with E-state index in [9.17, 15) is 9.59 Å². The molecule has 0 spiro atoms. The van der Waals surface area contributed by atoms with Crippen molar-refractivity contribution in [2.45, 2.75) is 39.4 Å². The monoisotopic (exact) mass is 460 g/mol. The number of fused-ring (bicyclic) bond motifs is 2. The van der Waals surface area contributed by atoms with Gasteiger partial charge < -0.3 is 19.7 Å². The van der Waals surface area contributed by atoms with Gasteiger partial charge in [-0.15, -0.1) is 0 Å². The molecule has 5 rings (SSSR count). The first-order valence-corrected chi connectivity index (χ1v) is 11.6. The highest BCUT2D eigenvalue weighted by Crippen LogP contribution is 2.32. The van der Waals surface area contributed by atoms with Crippen molar-refractivity contribution in [1.29, 1.82) is 0 Å². The number of carbonyl (C=O) groups is 2. The average Bonchev–Trinajstić information content (AvgIpc) is 3.21. The van der Waals surface area contributed by atoms with E-state index in [4.69, 9.17) is 9.47 Å². The van der Waals surface area contributed by atoms with E-state index in [1.54, 1.807) is 10.7 Å². The minimum Gasteiger partial charge on any atom is -0.486 e. The third kappa shape index (κ3) is 4.48. The summed E-state index contributed by atoms with van der Waals surface area (Å²) in [5.41, 5.74) is 3.84. The van der Waals surface area contributed by atoms with Gasteiger partial charge in [0, 0.05) is 25.7 Å². The predicted octanol–water partition coefficient (Wildman–Crippen LogP) is 3.50. The Morgan fingerprint density at radius 1 is 1.09 bits per heavy atom. The van der Waals surface area contributed by atoms with Gasteiger partial charge in [0.15, 0.2) is 17.2 Å². The highest BCUT2D eigenvalue weighted by atomic mass is 16.6. The van der Waals surface area contributed by atoms with Crippen molar-refractivity contribution in [3.8, 4) is 11.5 Å². The van der Waals surface area contributed by atoms with Crippen molar-refractivity contribution in [2.75, 3.05) is 19.8 Å². The number of ether oxygens (including phenoxy) is 2. The van der Waals surface area contributed by atoms with Crippen molar-refractivity contribution in [3.05, 3.63) is 76.6 Å². The molecule has 0 saturated carbocycles. The highest BCUT2D eigenvalue weighted by Gasteiger charge is 2.27. The van der Waals surface area contributed by atoms with E-state index in [1.165, 1.54) is 0 Å². The number of aryl methyl sites for hydroxylation is 2. The molecule has 0 radical (unpaired) electrons. The molecular weight excluding hydrogens is 432 g/mol. The fourth-order valence-corrected chi connectivity index (χ4v) is 4.41. The van der Waals surface area contributed by atoms with Gasteiger partial charge in [-0.1, -0.05) is 35.9 Å². The van der Waals surface area contributed by atoms with Crippen molar-refractivity contribution >= 4 is 11.8 Å². The van der Waals surface area contributed by atoms with Gasteiger partial charge in [0.2, 0.25) is 0 Å². The van der Waals surface area contributed by atoms with Crippen LogP contribution < -0.4 is 14.8 Å². The molecule has 0 aliphatic carbocycles. The average molecular weight is 461 g/mol. The Kier molecular flexibility index (Phi) is 5.96. The van der Waals surface area contributed by atoms with Crippen molar-refractivity contribution in [3.63, 3.8) is 0 Å². The SMILES string of the molecule is Cc1cccc(CN2CCCn3nc(C(=O)N[C@@H](C)c4ccc5c(c4)OCCO5)cc3C2=O)c1. The molecule has 34 heavy (non-hydrogen) atoms. The third-order valence-electron chi connectivity index (χ3n) is 6.19. The number of aromatic nitrogens is 2. The van der Waals surface area contributed by atoms with Gasteiger partial charge in [0.25, 0.3) is 11.8 Å². The second-order valence-corrected chi connectivity index (χ2v) is 8.81. The van der Waals surface area contributed by atoms with Gasteiger partial charge in [-0.25, -0.2) is 0 Å². The van der Waals surface area contributed by atoms with Gasteiger partial charge >= 0.3 is 0 Å². The van der Waals surface area contributed by atoms with E-state index in [-0.39, 0.29) is 23.6 Å². The zero-order chi connectivity index (χ0) is 23.7. The molecule has 1 aromatic heterocycles. The summed E-state index contributed by atoms with van der Waals surface area (Å²) in [6.45, 7) is 6.76. The van der Waals surface area contributed by atoms with Gasteiger partial charge in [-0.2, -0.15) is 5.10 Å². The zero-order valence-electron chi connectivity index (χ0n) is 19.4. The normalized spacial score (nSPS) is 15.9. The highest BCUT2D eigenvalue weighted by molar-refractivity contribution is 5.98. The number of nitrogens with one attached hydrogen (secondary N) is 1. The molecule has 8 nitrogen and oxygen atoms in total. The lowest BCUT2D eigenvalue weighted by atomic mass is 10.1. The van der Waals surface area contributed by atoms with Crippen molar-refractivity contribution in [2.24, 2.45) is 0 Å². The minimum atomic E-state index is -0.319. The molecule has 0 saturated heterocycles. The number of hydrogen-bond acceptors (Lipinski definition) is 5. The molecule has 2 aliphatic rings. The van der Waals surface area contributed by atoms with Crippen molar-refractivity contribution in [1.82, 2.24) is 20.0 Å². The maximum atomic E-state index is 13.2. The lowest BCUT2D eigenvalue weighted by Crippen LogP contribution is -2.30. The summed E-state index contributed by atoms with van der Waals surface area (Å²) in [7, 11) is 0. The number of amides is 2. The van der Waals surface area contributed by atoms with Crippen LogP contribution in [0, 0.1) is 6.92 Å². The fraction of sp³-hybridized carbons (Fsp3) is 0.346. The van der Waals surface area contributed by atoms with Gasteiger partial charge in [-0.3, -0.25) is 14.3 Å². The molecule has 3 aromatic rings. The molecule has 2 aromatic carbocycles. The second-order valence-electron chi connectivity index (χ2n) is 8.81. The molecule has 0 unspecified atom stereocenters. The first-order chi connectivity index (χ1) is 16.5. The van der Waals surface area contributed by atoms with Crippen LogP contribution in [0.1, 0.15) is 57.1 Å². The zero-order valence-corrected chi connectivity index (χ0v) is 19.4. The Balaban J connectivity index is 1.30. The lowest BCUT2D eigenvalue weighted by Gasteiger charge is -2.21. The molecule has 8 heteroatoms. The second kappa shape index (κ2) is 9.21. The van der Waals surface area contributed by atoms with E-state index in [0.29, 0.717) is 50.0 Å². The van der Waals surface area contributed by atoms with Crippen LogP contribution in [0.15, 0.2) is 48.5 Å². The molecular formula is C26H28N4O4. The molecule has 1 atom stereocenters. The summed E-state index contributed by atoms with van der Waals surface area (Å²) >= 11 is 0. The largest absolute Gasteiger partial charge is 0.486 e. The van der Waals surface area contributed by atoms with Crippen LogP contribution in [0.3, 0.4) is 0 Å². The summed E-state index contributed by atoms with van der Waals surface area (Å²) in [6, 6.07) is 15.1. The van der Waals surface area contributed by atoms with Gasteiger partial charge in [0.05, 0.1) is 6.04 Å². The summed E-state index contributed by atoms with van der Waals surface area (Å²) in [5, 5.41) is 7.43. The van der Waals surface area contributed by atoms with Crippen LogP contribution in [-0.4, -0.2) is 46.3 Å². The van der Waals surface area contributed by atoms with Crippen LogP contribution in [0.25, 0.3) is 0 Å². The maximum absolute atomic E-state index is 13.2. The Morgan fingerprint density at radius 2 is 1.91 bits per heavy atom. The standard InChI is InChI=1S/C26H28N4O4/c1-17-5-3-6-19(13-17)16-29-9-4-10-30-22(26(29)32)15-21(28-30)25(31)27-18(2)20-7-8-23-24(14-20)34-12-11-33-23/h3,5-8,13-15,18H,4,9-12,16H2,1-2H3,(H,27,31)/t18-/m0/s1. The minimum absolute atomic E-state index is 0.106. The Morgan fingerprint density at radius 3 is 2.74 bits per heavy atom. The smallest absolute Gasteiger partial charge is 0.272 e. The molecule has 2 aliphatic heterocycles. The quantitative estimate of drug-likeness (QED) is 0.630. The number of rotatable bonds is 5. The summed E-state index contributed by atoms with van der Waals surface area (Å²) in [4.78, 5) is 28.0. The summed E-state index contributed by atoms with van der Waals surface area (Å²) in [6.07, 6.45) is 0.779. The van der Waals surface area contributed by atoms with Crippen LogP contribution >= 0.6 is 0 Å². The maximum Gasteiger partial charge on any atom is 0.272 e. The third-order valence-corrected chi connectivity index (χ3v) is 6.19. The van der Waals surface area contributed by atoms with E-state index in [1.807, 2.05) is 55.1 Å². The number of nitrogens with zero attached hydrogens (tertiary/aromatic N) is 3. The first-order valence-electron chi connectivity index (χ1n) is 11.6. The van der Waals surface area contributed by atoms with E-state index in [2.05, 4.69) is 16.5 Å². The van der Waals surface area contributed by atoms with E-state index < -0.39 is 0 Å². The number of carbonyl (C=O) groups excluding carboxylic acids is 2. The van der Waals surface area contributed by atoms with Gasteiger partial charge in [-0.05, 0) is 43.5 Å². The number of benzene rings is 2. The summed E-state index contributed by atoms with van der Waals surface area (Å²) < 4.78 is 12.9. The Labute approximate surface area is 198 Å². The molecule has 1 N–H and O–H groups in total. The molecule has 3 heterocycles. The van der Waals surface area contributed by atoms with Crippen LogP contribution in [0.5, 0.6) is 11.5 Å². The molecule has 0 bridgehead atoms. The number of hydrogen-bond donors (Lipinski definition) is 1. The molecule has 176 valence electrons. The summed E-state index contributed by atoms with van der Waals surface area (Å²) in [5.74, 6) is 0.962. The fourth-order valence-electron chi connectivity index (χ4n) is 4.41. The van der Waals surface area contributed by atoms with E-state index >= 15 is 0 Å². The van der Waals surface area contributed by atoms with Crippen LogP contribution in [-0.2, 0) is 13.1 Å².